The molecule has 0 radical (unpaired) electrons. The van der Waals surface area contributed by atoms with Crippen LogP contribution in [0.5, 0.6) is 0 Å². The fourth-order valence-electron chi connectivity index (χ4n) is 3.67. The van der Waals surface area contributed by atoms with Gasteiger partial charge < -0.3 is 15.5 Å². The average Bonchev–Trinajstić information content (AvgIpc) is 2.61. The van der Waals surface area contributed by atoms with Gasteiger partial charge in [0.25, 0.3) is 5.91 Å². The third kappa shape index (κ3) is 3.71. The highest BCUT2D eigenvalue weighted by atomic mass is 16.2. The summed E-state index contributed by atoms with van der Waals surface area (Å²) in [5.74, 6) is 1.10. The van der Waals surface area contributed by atoms with Crippen molar-refractivity contribution in [2.75, 3.05) is 31.9 Å². The number of amides is 2. The Labute approximate surface area is 143 Å². The smallest absolute Gasteiger partial charge is 0.253 e. The third-order valence-electron chi connectivity index (χ3n) is 5.36. The van der Waals surface area contributed by atoms with E-state index >= 15 is 0 Å². The summed E-state index contributed by atoms with van der Waals surface area (Å²) < 4.78 is 0. The second-order valence-corrected chi connectivity index (χ2v) is 7.20. The van der Waals surface area contributed by atoms with Gasteiger partial charge in [0.15, 0.2) is 0 Å². The highest BCUT2D eigenvalue weighted by molar-refractivity contribution is 5.95. The molecule has 5 nitrogen and oxygen atoms in total. The molecule has 0 saturated carbocycles. The zero-order valence-corrected chi connectivity index (χ0v) is 14.4. The predicted molar refractivity (Wildman–Crippen MR) is 94.5 cm³/mol. The molecule has 2 N–H and O–H groups in total. The number of nitrogen functional groups attached to an aromatic ring is 1. The zero-order valence-electron chi connectivity index (χ0n) is 14.4. The quantitative estimate of drug-likeness (QED) is 0.847. The summed E-state index contributed by atoms with van der Waals surface area (Å²) in [6.45, 7) is 5.33. The minimum absolute atomic E-state index is 0.0139. The Hall–Kier alpha value is -2.04. The van der Waals surface area contributed by atoms with Crippen molar-refractivity contribution in [3.8, 4) is 0 Å². The number of hydrogen-bond donors (Lipinski definition) is 1. The van der Waals surface area contributed by atoms with E-state index in [1.165, 1.54) is 0 Å². The van der Waals surface area contributed by atoms with Gasteiger partial charge in [-0.2, -0.15) is 0 Å². The van der Waals surface area contributed by atoms with E-state index in [4.69, 9.17) is 5.73 Å². The predicted octanol–water partition coefficient (Wildman–Crippen LogP) is 2.38. The Morgan fingerprint density at radius 2 is 1.62 bits per heavy atom. The van der Waals surface area contributed by atoms with E-state index in [1.807, 2.05) is 9.80 Å². The van der Waals surface area contributed by atoms with Crippen molar-refractivity contribution in [3.05, 3.63) is 29.8 Å². The van der Waals surface area contributed by atoms with Crippen LogP contribution in [0.25, 0.3) is 0 Å². The van der Waals surface area contributed by atoms with E-state index in [9.17, 15) is 9.59 Å². The lowest BCUT2D eigenvalue weighted by atomic mass is 9.92. The molecular formula is C19H27N3O2. The number of nitrogens with zero attached hydrogens (tertiary/aromatic N) is 2. The van der Waals surface area contributed by atoms with Crippen LogP contribution in [-0.2, 0) is 4.79 Å². The molecule has 0 atom stereocenters. The lowest BCUT2D eigenvalue weighted by Gasteiger charge is -2.36. The van der Waals surface area contributed by atoms with Crippen molar-refractivity contribution in [1.29, 1.82) is 0 Å². The molecule has 1 aromatic carbocycles. The van der Waals surface area contributed by atoms with E-state index in [0.29, 0.717) is 24.3 Å². The molecule has 2 fully saturated rings. The van der Waals surface area contributed by atoms with Crippen molar-refractivity contribution in [2.24, 2.45) is 11.8 Å². The Bertz CT molecular complexity index is 600. The van der Waals surface area contributed by atoms with Crippen LogP contribution in [0, 0.1) is 11.8 Å². The molecule has 2 aliphatic heterocycles. The largest absolute Gasteiger partial charge is 0.399 e. The van der Waals surface area contributed by atoms with Crippen LogP contribution in [0.2, 0.25) is 0 Å². The molecule has 0 aromatic heterocycles. The normalized spacial score (nSPS) is 20.2. The van der Waals surface area contributed by atoms with E-state index in [2.05, 4.69) is 6.92 Å². The van der Waals surface area contributed by atoms with Gasteiger partial charge >= 0.3 is 0 Å². The van der Waals surface area contributed by atoms with Crippen LogP contribution < -0.4 is 5.73 Å². The Morgan fingerprint density at radius 3 is 2.25 bits per heavy atom. The highest BCUT2D eigenvalue weighted by Crippen LogP contribution is 2.24. The molecule has 0 unspecified atom stereocenters. The number of carbonyl (C=O) groups is 2. The van der Waals surface area contributed by atoms with Crippen molar-refractivity contribution in [1.82, 2.24) is 9.80 Å². The number of piperidine rings is 2. The first-order valence-corrected chi connectivity index (χ1v) is 8.98. The summed E-state index contributed by atoms with van der Waals surface area (Å²) >= 11 is 0. The molecule has 130 valence electrons. The maximum absolute atomic E-state index is 12.7. The van der Waals surface area contributed by atoms with Crippen LogP contribution >= 0.6 is 0 Å². The van der Waals surface area contributed by atoms with Gasteiger partial charge in [0.2, 0.25) is 5.91 Å². The van der Waals surface area contributed by atoms with Gasteiger partial charge in [-0.05, 0) is 49.8 Å². The van der Waals surface area contributed by atoms with Crippen molar-refractivity contribution in [3.63, 3.8) is 0 Å². The van der Waals surface area contributed by atoms with Crippen LogP contribution in [0.3, 0.4) is 0 Å². The fraction of sp³-hybridized carbons (Fsp3) is 0.579. The van der Waals surface area contributed by atoms with E-state index < -0.39 is 0 Å². The first-order valence-electron chi connectivity index (χ1n) is 8.98. The maximum Gasteiger partial charge on any atom is 0.253 e. The molecule has 2 saturated heterocycles. The van der Waals surface area contributed by atoms with E-state index in [1.54, 1.807) is 24.3 Å². The van der Waals surface area contributed by atoms with Crippen LogP contribution in [0.1, 0.15) is 43.0 Å². The van der Waals surface area contributed by atoms with Gasteiger partial charge in [0.05, 0.1) is 0 Å². The van der Waals surface area contributed by atoms with Crippen LogP contribution in [0.4, 0.5) is 5.69 Å². The van der Waals surface area contributed by atoms with Gasteiger partial charge in [-0.1, -0.05) is 13.0 Å². The average molecular weight is 329 g/mol. The topological polar surface area (TPSA) is 66.6 Å². The summed E-state index contributed by atoms with van der Waals surface area (Å²) in [5, 5.41) is 0. The minimum atomic E-state index is 0.0139. The molecule has 3 rings (SSSR count). The maximum atomic E-state index is 12.7. The summed E-state index contributed by atoms with van der Waals surface area (Å²) in [6.07, 6.45) is 3.74. The van der Waals surface area contributed by atoms with Gasteiger partial charge in [-0.25, -0.2) is 0 Å². The van der Waals surface area contributed by atoms with E-state index in [0.717, 1.165) is 44.7 Å². The molecule has 2 aliphatic rings. The Morgan fingerprint density at radius 1 is 1.00 bits per heavy atom. The minimum Gasteiger partial charge on any atom is -0.399 e. The second-order valence-electron chi connectivity index (χ2n) is 7.20. The second kappa shape index (κ2) is 7.24. The van der Waals surface area contributed by atoms with Crippen LogP contribution in [-0.4, -0.2) is 47.8 Å². The molecule has 0 bridgehead atoms. The number of anilines is 1. The summed E-state index contributed by atoms with van der Waals surface area (Å²) in [6, 6.07) is 7.09. The zero-order chi connectivity index (χ0) is 17.1. The summed E-state index contributed by atoms with van der Waals surface area (Å²) in [5.41, 5.74) is 6.99. The first kappa shape index (κ1) is 16.8. The lowest BCUT2D eigenvalue weighted by Crippen LogP contribution is -2.46. The molecule has 0 aliphatic carbocycles. The summed E-state index contributed by atoms with van der Waals surface area (Å²) in [7, 11) is 0. The number of rotatable bonds is 2. The molecule has 1 aromatic rings. The Balaban J connectivity index is 1.54. The molecular weight excluding hydrogens is 302 g/mol. The third-order valence-corrected chi connectivity index (χ3v) is 5.36. The number of benzene rings is 1. The standard InChI is InChI=1S/C19H27N3O2/c1-14-5-9-21(10-6-14)18(23)15-7-11-22(12-8-15)19(24)16-3-2-4-17(20)13-16/h2-4,13-15H,5-12,20H2,1H3. The number of hydrogen-bond acceptors (Lipinski definition) is 3. The summed E-state index contributed by atoms with van der Waals surface area (Å²) in [4.78, 5) is 29.1. The number of carbonyl (C=O) groups excluding carboxylic acids is 2. The molecule has 24 heavy (non-hydrogen) atoms. The monoisotopic (exact) mass is 329 g/mol. The lowest BCUT2D eigenvalue weighted by molar-refractivity contribution is -0.138. The number of likely N-dealkylation sites (tertiary alicyclic amines) is 2. The van der Waals surface area contributed by atoms with Gasteiger partial charge in [-0.15, -0.1) is 0 Å². The SMILES string of the molecule is CC1CCN(C(=O)C2CCN(C(=O)c3cccc(N)c3)CC2)CC1. The van der Waals surface area contributed by atoms with Crippen molar-refractivity contribution in [2.45, 2.75) is 32.6 Å². The van der Waals surface area contributed by atoms with Gasteiger partial charge in [-0.3, -0.25) is 9.59 Å². The molecule has 0 spiro atoms. The fourth-order valence-corrected chi connectivity index (χ4v) is 3.67. The van der Waals surface area contributed by atoms with Crippen molar-refractivity contribution >= 4 is 17.5 Å². The number of nitrogens with two attached hydrogens (primary N) is 1. The molecule has 5 heteroatoms. The molecule has 2 heterocycles. The van der Waals surface area contributed by atoms with Crippen molar-refractivity contribution < 1.29 is 9.59 Å². The van der Waals surface area contributed by atoms with Gasteiger partial charge in [0.1, 0.15) is 0 Å². The van der Waals surface area contributed by atoms with Crippen LogP contribution in [0.15, 0.2) is 24.3 Å². The molecule has 2 amide bonds. The van der Waals surface area contributed by atoms with Gasteiger partial charge in [0, 0.05) is 43.3 Å². The van der Waals surface area contributed by atoms with E-state index in [-0.39, 0.29) is 17.7 Å². The highest BCUT2D eigenvalue weighted by Gasteiger charge is 2.31. The first-order chi connectivity index (χ1) is 11.5. The Kier molecular flexibility index (Phi) is 5.07.